The monoisotopic (exact) mass is 408 g/mol. The highest BCUT2D eigenvalue weighted by molar-refractivity contribution is 6.35. The van der Waals surface area contributed by atoms with E-state index in [0.717, 1.165) is 22.0 Å². The number of aryl methyl sites for hydroxylation is 1. The van der Waals surface area contributed by atoms with Gasteiger partial charge in [-0.1, -0.05) is 36.4 Å². The van der Waals surface area contributed by atoms with Crippen LogP contribution in [0.25, 0.3) is 10.9 Å². The van der Waals surface area contributed by atoms with Crippen molar-refractivity contribution in [1.29, 1.82) is 0 Å². The van der Waals surface area contributed by atoms with Gasteiger partial charge in [-0.25, -0.2) is 0 Å². The van der Waals surface area contributed by atoms with Crippen LogP contribution in [0, 0.1) is 0 Å². The van der Waals surface area contributed by atoms with Crippen LogP contribution in [0.5, 0.6) is 5.75 Å². The van der Waals surface area contributed by atoms with E-state index >= 15 is 0 Å². The van der Waals surface area contributed by atoms with Gasteiger partial charge in [-0.15, -0.1) is 0 Å². The van der Waals surface area contributed by atoms with Crippen molar-refractivity contribution in [2.75, 3.05) is 27.7 Å². The van der Waals surface area contributed by atoms with E-state index in [1.54, 1.807) is 7.11 Å². The van der Waals surface area contributed by atoms with Crippen LogP contribution in [0.15, 0.2) is 54.7 Å². The molecule has 0 saturated heterocycles. The molecule has 2 N–H and O–H groups in total. The molecule has 30 heavy (non-hydrogen) atoms. The maximum Gasteiger partial charge on any atom is 0.309 e. The number of rotatable bonds is 7. The minimum Gasteiger partial charge on any atom is -0.496 e. The second-order valence-electron chi connectivity index (χ2n) is 7.40. The summed E-state index contributed by atoms with van der Waals surface area (Å²) >= 11 is 0. The van der Waals surface area contributed by atoms with Gasteiger partial charge in [0.2, 0.25) is 0 Å². The molecular formula is C23H28N4O3. The average molecular weight is 409 g/mol. The summed E-state index contributed by atoms with van der Waals surface area (Å²) in [6.45, 7) is 0.540. The third kappa shape index (κ3) is 4.63. The van der Waals surface area contributed by atoms with E-state index in [9.17, 15) is 9.59 Å². The predicted octanol–water partition coefficient (Wildman–Crippen LogP) is 2.22. The molecule has 0 aliphatic rings. The Hall–Kier alpha value is -3.32. The van der Waals surface area contributed by atoms with Gasteiger partial charge in [-0.05, 0) is 31.8 Å². The molecule has 0 spiro atoms. The average Bonchev–Trinajstić information content (AvgIpc) is 3.08. The zero-order valence-electron chi connectivity index (χ0n) is 17.8. The van der Waals surface area contributed by atoms with Crippen LogP contribution in [0.2, 0.25) is 0 Å². The third-order valence-electron chi connectivity index (χ3n) is 5.20. The first-order valence-corrected chi connectivity index (χ1v) is 9.80. The molecule has 0 radical (unpaired) electrons. The number of aromatic nitrogens is 1. The maximum absolute atomic E-state index is 12.4. The van der Waals surface area contributed by atoms with Crippen molar-refractivity contribution < 1.29 is 14.3 Å². The minimum atomic E-state index is -0.670. The summed E-state index contributed by atoms with van der Waals surface area (Å²) in [6.07, 6.45) is 2.07. The van der Waals surface area contributed by atoms with E-state index in [-0.39, 0.29) is 12.6 Å². The highest BCUT2D eigenvalue weighted by atomic mass is 16.5. The Kier molecular flexibility index (Phi) is 6.74. The number of likely N-dealkylation sites (N-methyl/N-ethyl adjacent to an activating group) is 1. The summed E-state index contributed by atoms with van der Waals surface area (Å²) in [7, 11) is 7.49. The first kappa shape index (κ1) is 21.4. The molecule has 1 atom stereocenters. The predicted molar refractivity (Wildman–Crippen MR) is 117 cm³/mol. The standard InChI is InChI=1S/C23H28N4O3/c1-26(2)20(18-15-27(3)19-11-7-6-10-17(18)19)14-25-23(29)22(28)24-13-16-9-5-8-12-21(16)30-4/h5-12,15,20H,13-14H2,1-4H3,(H,24,28)(H,25,29)/t20-/m0/s1. The number of hydrogen-bond donors (Lipinski definition) is 2. The normalized spacial score (nSPS) is 12.0. The van der Waals surface area contributed by atoms with E-state index in [1.165, 1.54) is 0 Å². The topological polar surface area (TPSA) is 75.6 Å². The number of hydrogen-bond acceptors (Lipinski definition) is 4. The summed E-state index contributed by atoms with van der Waals surface area (Å²) in [5.74, 6) is -0.657. The lowest BCUT2D eigenvalue weighted by molar-refractivity contribution is -0.139. The molecule has 2 amide bonds. The van der Waals surface area contributed by atoms with Crippen LogP contribution < -0.4 is 15.4 Å². The van der Waals surface area contributed by atoms with Gasteiger partial charge in [-0.3, -0.25) is 9.59 Å². The Labute approximate surface area is 176 Å². The molecule has 0 unspecified atom stereocenters. The molecule has 0 fully saturated rings. The molecule has 0 saturated carbocycles. The number of carbonyl (C=O) groups is 2. The van der Waals surface area contributed by atoms with Crippen LogP contribution in [0.3, 0.4) is 0 Å². The lowest BCUT2D eigenvalue weighted by Crippen LogP contribution is -2.42. The van der Waals surface area contributed by atoms with Crippen molar-refractivity contribution in [2.45, 2.75) is 12.6 Å². The largest absolute Gasteiger partial charge is 0.496 e. The number of nitrogens with zero attached hydrogens (tertiary/aromatic N) is 2. The Morgan fingerprint density at radius 3 is 2.43 bits per heavy atom. The van der Waals surface area contributed by atoms with Crippen LogP contribution >= 0.6 is 0 Å². The van der Waals surface area contributed by atoms with Crippen molar-refractivity contribution >= 4 is 22.7 Å². The number of fused-ring (bicyclic) bond motifs is 1. The zero-order chi connectivity index (χ0) is 21.7. The van der Waals surface area contributed by atoms with Crippen molar-refractivity contribution in [3.05, 3.63) is 65.9 Å². The zero-order valence-corrected chi connectivity index (χ0v) is 17.8. The Balaban J connectivity index is 1.64. The third-order valence-corrected chi connectivity index (χ3v) is 5.20. The molecule has 3 aromatic rings. The van der Waals surface area contributed by atoms with E-state index < -0.39 is 11.8 Å². The number of nitrogens with one attached hydrogen (secondary N) is 2. The number of para-hydroxylation sites is 2. The van der Waals surface area contributed by atoms with Gasteiger partial charge in [0.15, 0.2) is 0 Å². The molecule has 0 aliphatic carbocycles. The highest BCUT2D eigenvalue weighted by Crippen LogP contribution is 2.28. The van der Waals surface area contributed by atoms with E-state index in [2.05, 4.69) is 33.5 Å². The quantitative estimate of drug-likeness (QED) is 0.588. The van der Waals surface area contributed by atoms with Gasteiger partial charge < -0.3 is 24.8 Å². The Bertz CT molecular complexity index is 1040. The van der Waals surface area contributed by atoms with Crippen LogP contribution in [-0.2, 0) is 23.2 Å². The van der Waals surface area contributed by atoms with E-state index in [1.807, 2.05) is 62.4 Å². The lowest BCUT2D eigenvalue weighted by Gasteiger charge is -2.24. The molecule has 2 aromatic carbocycles. The fraction of sp³-hybridized carbons (Fsp3) is 0.304. The molecule has 7 nitrogen and oxygen atoms in total. The van der Waals surface area contributed by atoms with Gasteiger partial charge in [0.05, 0.1) is 13.2 Å². The van der Waals surface area contributed by atoms with Crippen molar-refractivity contribution in [2.24, 2.45) is 7.05 Å². The Morgan fingerprint density at radius 2 is 1.70 bits per heavy atom. The second kappa shape index (κ2) is 9.45. The minimum absolute atomic E-state index is 0.0675. The van der Waals surface area contributed by atoms with Gasteiger partial charge >= 0.3 is 11.8 Å². The van der Waals surface area contributed by atoms with Crippen molar-refractivity contribution in [1.82, 2.24) is 20.1 Å². The number of carbonyl (C=O) groups excluding carboxylic acids is 2. The van der Waals surface area contributed by atoms with E-state index in [4.69, 9.17) is 4.74 Å². The summed E-state index contributed by atoms with van der Waals surface area (Å²) < 4.78 is 7.34. The van der Waals surface area contributed by atoms with Crippen LogP contribution in [-0.4, -0.2) is 49.0 Å². The maximum atomic E-state index is 12.4. The van der Waals surface area contributed by atoms with Crippen LogP contribution in [0.1, 0.15) is 17.2 Å². The highest BCUT2D eigenvalue weighted by Gasteiger charge is 2.22. The van der Waals surface area contributed by atoms with Gasteiger partial charge in [0, 0.05) is 42.8 Å². The van der Waals surface area contributed by atoms with E-state index in [0.29, 0.717) is 12.3 Å². The fourth-order valence-corrected chi connectivity index (χ4v) is 3.58. The van der Waals surface area contributed by atoms with Gasteiger partial charge in [-0.2, -0.15) is 0 Å². The van der Waals surface area contributed by atoms with Crippen molar-refractivity contribution in [3.8, 4) is 5.75 Å². The summed E-state index contributed by atoms with van der Waals surface area (Å²) in [5, 5.41) is 6.55. The molecule has 1 aromatic heterocycles. The van der Waals surface area contributed by atoms with Crippen LogP contribution in [0.4, 0.5) is 0 Å². The second-order valence-corrected chi connectivity index (χ2v) is 7.40. The number of ether oxygens (including phenoxy) is 1. The smallest absolute Gasteiger partial charge is 0.309 e. The SMILES string of the molecule is COc1ccccc1CNC(=O)C(=O)NC[C@@H](c1cn(C)c2ccccc12)N(C)C. The molecule has 0 bridgehead atoms. The summed E-state index contributed by atoms with van der Waals surface area (Å²) in [6, 6.07) is 15.4. The first-order chi connectivity index (χ1) is 14.4. The number of benzene rings is 2. The molecule has 1 heterocycles. The molecule has 0 aliphatic heterocycles. The van der Waals surface area contributed by atoms with Gasteiger partial charge in [0.1, 0.15) is 5.75 Å². The molecular weight excluding hydrogens is 380 g/mol. The number of methoxy groups -OCH3 is 1. The summed E-state index contributed by atoms with van der Waals surface area (Å²) in [4.78, 5) is 26.7. The molecule has 158 valence electrons. The van der Waals surface area contributed by atoms with Crippen molar-refractivity contribution in [3.63, 3.8) is 0 Å². The lowest BCUT2D eigenvalue weighted by atomic mass is 10.0. The molecule has 7 heteroatoms. The summed E-state index contributed by atoms with van der Waals surface area (Å²) in [5.41, 5.74) is 3.04. The molecule has 3 rings (SSSR count). The fourth-order valence-electron chi connectivity index (χ4n) is 3.58. The van der Waals surface area contributed by atoms with Gasteiger partial charge in [0.25, 0.3) is 0 Å². The first-order valence-electron chi connectivity index (χ1n) is 9.80. The Morgan fingerprint density at radius 1 is 1.03 bits per heavy atom. The number of amides is 2.